The summed E-state index contributed by atoms with van der Waals surface area (Å²) in [6.45, 7) is 0. The van der Waals surface area contributed by atoms with Gasteiger partial charge in [0.1, 0.15) is 51.2 Å². The number of phenolic OH excluding ortho intramolecular Hbond substituents is 5. The van der Waals surface area contributed by atoms with E-state index in [9.17, 15) is 35.4 Å². The summed E-state index contributed by atoms with van der Waals surface area (Å²) in [5.74, 6) is -3.98. The van der Waals surface area contributed by atoms with Crippen LogP contribution in [0.5, 0.6) is 46.0 Å². The summed E-state index contributed by atoms with van der Waals surface area (Å²) >= 11 is 0. The smallest absolute Gasteiger partial charge is 0.278 e. The molecule has 5 aromatic rings. The molecule has 4 aromatic carbocycles. The lowest BCUT2D eigenvalue weighted by atomic mass is 9.77. The molecule has 1 aromatic heterocycles. The van der Waals surface area contributed by atoms with Crippen molar-refractivity contribution in [2.75, 3.05) is 0 Å². The fourth-order valence-corrected chi connectivity index (χ4v) is 5.62. The van der Waals surface area contributed by atoms with Crippen LogP contribution in [0, 0.1) is 0 Å². The van der Waals surface area contributed by atoms with Crippen molar-refractivity contribution in [2.24, 2.45) is 0 Å². The minimum atomic E-state index is -1.50. The zero-order valence-corrected chi connectivity index (χ0v) is 20.5. The molecule has 2 aliphatic heterocycles. The number of aromatic hydroxyl groups is 6. The van der Waals surface area contributed by atoms with Gasteiger partial charge in [-0.2, -0.15) is 0 Å². The van der Waals surface area contributed by atoms with E-state index in [4.69, 9.17) is 13.9 Å². The number of phenols is 5. The molecule has 0 saturated carbocycles. The Morgan fingerprint density at radius 1 is 0.700 bits per heavy atom. The van der Waals surface area contributed by atoms with Gasteiger partial charge < -0.3 is 44.5 Å². The van der Waals surface area contributed by atoms with Gasteiger partial charge in [0.25, 0.3) is 5.79 Å². The fraction of sp³-hybridized carbons (Fsp3) is 0.100. The van der Waals surface area contributed by atoms with Crippen LogP contribution < -0.4 is 14.9 Å². The summed E-state index contributed by atoms with van der Waals surface area (Å²) in [7, 11) is 0. The minimum Gasteiger partial charge on any atom is -0.508 e. The molecule has 0 amide bonds. The molecule has 2 aliphatic rings. The number of rotatable bonds is 2. The molecular formula is C30H20O10. The highest BCUT2D eigenvalue weighted by molar-refractivity contribution is 5.92. The third-order valence-corrected chi connectivity index (χ3v) is 7.38. The lowest BCUT2D eigenvalue weighted by Crippen LogP contribution is -2.46. The molecule has 10 heteroatoms. The Kier molecular flexibility index (Phi) is 4.72. The molecule has 2 atom stereocenters. The molecule has 0 saturated heterocycles. The summed E-state index contributed by atoms with van der Waals surface area (Å²) in [5.41, 5.74) is 0.441. The molecule has 0 spiro atoms. The van der Waals surface area contributed by atoms with Gasteiger partial charge >= 0.3 is 0 Å². The SMILES string of the molecule is O=c1c(O)c(-c2ccc(O)cc2)oc2c3c(cc(O)c12)OC1(c2ccc(O)cc2)CC3c2c(O)cc(O)cc2O1. The third-order valence-electron chi connectivity index (χ3n) is 7.38. The van der Waals surface area contributed by atoms with Crippen molar-refractivity contribution in [3.8, 4) is 57.3 Å². The quantitative estimate of drug-likeness (QED) is 0.182. The summed E-state index contributed by atoms with van der Waals surface area (Å²) in [6, 6.07) is 15.5. The van der Waals surface area contributed by atoms with E-state index in [1.807, 2.05) is 0 Å². The molecule has 40 heavy (non-hydrogen) atoms. The molecular weight excluding hydrogens is 520 g/mol. The molecule has 7 rings (SSSR count). The van der Waals surface area contributed by atoms with E-state index in [-0.39, 0.29) is 57.6 Å². The van der Waals surface area contributed by atoms with Crippen LogP contribution in [0.25, 0.3) is 22.3 Å². The zero-order valence-electron chi connectivity index (χ0n) is 20.5. The van der Waals surface area contributed by atoms with E-state index in [2.05, 4.69) is 0 Å². The van der Waals surface area contributed by atoms with Crippen LogP contribution in [0.3, 0.4) is 0 Å². The first-order chi connectivity index (χ1) is 19.1. The monoisotopic (exact) mass is 540 g/mol. The minimum absolute atomic E-state index is 0.0198. The van der Waals surface area contributed by atoms with Gasteiger partial charge in [-0.3, -0.25) is 4.79 Å². The molecule has 2 unspecified atom stereocenters. The van der Waals surface area contributed by atoms with Crippen molar-refractivity contribution >= 4 is 11.0 Å². The number of hydrogen-bond donors (Lipinski definition) is 6. The average molecular weight is 540 g/mol. The predicted octanol–water partition coefficient (Wildman–Crippen LogP) is 4.85. The second-order valence-electron chi connectivity index (χ2n) is 9.80. The van der Waals surface area contributed by atoms with Gasteiger partial charge in [-0.05, 0) is 48.5 Å². The Labute approximate surface area is 224 Å². The Hall–Kier alpha value is -5.51. The van der Waals surface area contributed by atoms with Gasteiger partial charge in [-0.15, -0.1) is 0 Å². The van der Waals surface area contributed by atoms with Crippen molar-refractivity contribution < 1.29 is 44.5 Å². The van der Waals surface area contributed by atoms with E-state index in [1.165, 1.54) is 48.5 Å². The second kappa shape index (κ2) is 8.00. The highest BCUT2D eigenvalue weighted by Crippen LogP contribution is 2.60. The van der Waals surface area contributed by atoms with Gasteiger partial charge in [0.2, 0.25) is 11.2 Å². The first-order valence-electron chi connectivity index (χ1n) is 12.2. The van der Waals surface area contributed by atoms with E-state index in [0.29, 0.717) is 22.3 Å². The Morgan fingerprint density at radius 2 is 1.32 bits per heavy atom. The highest BCUT2D eigenvalue weighted by Gasteiger charge is 2.52. The molecule has 0 fully saturated rings. The predicted molar refractivity (Wildman–Crippen MR) is 140 cm³/mol. The van der Waals surface area contributed by atoms with Gasteiger partial charge in [0.05, 0.1) is 0 Å². The van der Waals surface area contributed by atoms with Crippen LogP contribution in [0.15, 0.2) is 75.9 Å². The van der Waals surface area contributed by atoms with Crippen LogP contribution in [-0.4, -0.2) is 30.6 Å². The number of ether oxygens (including phenoxy) is 2. The topological polar surface area (TPSA) is 170 Å². The van der Waals surface area contributed by atoms with Gasteiger partial charge in [-0.25, -0.2) is 0 Å². The number of hydrogen-bond acceptors (Lipinski definition) is 10. The third kappa shape index (κ3) is 3.25. The van der Waals surface area contributed by atoms with Crippen molar-refractivity contribution in [1.29, 1.82) is 0 Å². The Morgan fingerprint density at radius 3 is 2.00 bits per heavy atom. The maximum atomic E-state index is 13.4. The molecule has 0 radical (unpaired) electrons. The molecule has 0 aliphatic carbocycles. The molecule has 3 heterocycles. The lowest BCUT2D eigenvalue weighted by Gasteiger charge is -2.46. The fourth-order valence-electron chi connectivity index (χ4n) is 5.62. The van der Waals surface area contributed by atoms with Crippen LogP contribution in [-0.2, 0) is 5.79 Å². The van der Waals surface area contributed by atoms with E-state index in [1.54, 1.807) is 12.1 Å². The number of fused-ring (bicyclic) bond motifs is 8. The van der Waals surface area contributed by atoms with E-state index in [0.717, 1.165) is 6.07 Å². The molecule has 6 N–H and O–H groups in total. The summed E-state index contributed by atoms with van der Waals surface area (Å²) in [4.78, 5) is 13.4. The van der Waals surface area contributed by atoms with E-state index >= 15 is 0 Å². The summed E-state index contributed by atoms with van der Waals surface area (Å²) in [5, 5.41) is 62.1. The number of benzene rings is 4. The average Bonchev–Trinajstić information content (AvgIpc) is 2.90. The normalized spacial score (nSPS) is 18.9. The van der Waals surface area contributed by atoms with Crippen molar-refractivity contribution in [1.82, 2.24) is 0 Å². The van der Waals surface area contributed by atoms with Crippen molar-refractivity contribution in [3.63, 3.8) is 0 Å². The van der Waals surface area contributed by atoms with Gasteiger partial charge in [0.15, 0.2) is 5.76 Å². The standard InChI is InChI=1S/C30H20O10/c31-15-5-1-13(2-6-15)28-27(37)26(36)25-20(35)11-22-24(29(25)38-28)18-12-30(40-22,14-3-7-16(32)8-4-14)39-21-10-17(33)9-19(34)23(18)21/h1-11,18,31-35,37H,12H2. The van der Waals surface area contributed by atoms with Crippen LogP contribution in [0.2, 0.25) is 0 Å². The second-order valence-corrected chi connectivity index (χ2v) is 9.80. The first kappa shape index (κ1) is 23.6. The largest absolute Gasteiger partial charge is 0.508 e. The maximum absolute atomic E-state index is 13.4. The summed E-state index contributed by atoms with van der Waals surface area (Å²) < 4.78 is 18.8. The van der Waals surface area contributed by atoms with Crippen molar-refractivity contribution in [2.45, 2.75) is 18.1 Å². The molecule has 200 valence electrons. The maximum Gasteiger partial charge on any atom is 0.278 e. The molecule has 10 nitrogen and oxygen atoms in total. The summed E-state index contributed by atoms with van der Waals surface area (Å²) in [6.07, 6.45) is 0.0785. The molecule has 2 bridgehead atoms. The van der Waals surface area contributed by atoms with Crippen LogP contribution >= 0.6 is 0 Å². The first-order valence-corrected chi connectivity index (χ1v) is 12.2. The van der Waals surface area contributed by atoms with Crippen molar-refractivity contribution in [3.05, 3.63) is 93.6 Å². The zero-order chi connectivity index (χ0) is 27.9. The Bertz CT molecular complexity index is 1910. The van der Waals surface area contributed by atoms with Gasteiger partial charge in [-0.1, -0.05) is 0 Å². The van der Waals surface area contributed by atoms with Crippen LogP contribution in [0.4, 0.5) is 0 Å². The van der Waals surface area contributed by atoms with Gasteiger partial charge in [0, 0.05) is 52.8 Å². The van der Waals surface area contributed by atoms with Crippen LogP contribution in [0.1, 0.15) is 29.0 Å². The Balaban J connectivity index is 1.56. The highest BCUT2D eigenvalue weighted by atomic mass is 16.7. The lowest BCUT2D eigenvalue weighted by molar-refractivity contribution is -0.149. The van der Waals surface area contributed by atoms with E-state index < -0.39 is 28.6 Å².